The molecule has 2 aromatic rings. The Bertz CT molecular complexity index is 1080. The van der Waals surface area contributed by atoms with Crippen LogP contribution in [0.5, 0.6) is 11.5 Å². The fraction of sp³-hybridized carbons (Fsp3) is 0.429. The summed E-state index contributed by atoms with van der Waals surface area (Å²) in [6, 6.07) is 11.0. The summed E-state index contributed by atoms with van der Waals surface area (Å²) < 4.78 is 64.1. The van der Waals surface area contributed by atoms with Crippen molar-refractivity contribution < 1.29 is 27.0 Å². The van der Waals surface area contributed by atoms with Crippen molar-refractivity contribution >= 4 is 23.4 Å². The lowest BCUT2D eigenvalue weighted by atomic mass is 10.2. The molecule has 31 heavy (non-hydrogen) atoms. The van der Waals surface area contributed by atoms with E-state index >= 15 is 0 Å². The van der Waals surface area contributed by atoms with Crippen LogP contribution < -0.4 is 19.5 Å². The molecule has 2 aromatic carbocycles. The van der Waals surface area contributed by atoms with Crippen LogP contribution in [0.15, 0.2) is 47.4 Å². The number of aryl methyl sites for hydroxylation is 1. The minimum Gasteiger partial charge on any atom is -0.492 e. The first-order valence-electron chi connectivity index (χ1n) is 9.92. The zero-order valence-corrected chi connectivity index (χ0v) is 19.9. The predicted octanol–water partition coefficient (Wildman–Crippen LogP) is 4.23. The van der Waals surface area contributed by atoms with Gasteiger partial charge in [0.25, 0.3) is 10.0 Å². The smallest absolute Gasteiger partial charge is 0.342 e. The Hall–Kier alpha value is -2.35. The lowest BCUT2D eigenvalue weighted by Gasteiger charge is -2.34. The SMILES string of the molecule is CCCOc1ccccc1S(=O)(=O)N(c1cc(C)cc(OCCN)c1)C(C)(C)P(=O)=O. The van der Waals surface area contributed by atoms with Gasteiger partial charge in [-0.15, -0.1) is 0 Å². The summed E-state index contributed by atoms with van der Waals surface area (Å²) >= 11 is 0. The lowest BCUT2D eigenvalue weighted by molar-refractivity contribution is 0.309. The number of sulfonamides is 1. The maximum absolute atomic E-state index is 13.8. The number of hydrogen-bond donors (Lipinski definition) is 1. The lowest BCUT2D eigenvalue weighted by Crippen LogP contribution is -2.45. The summed E-state index contributed by atoms with van der Waals surface area (Å²) in [5.74, 6) is 0.562. The third-order valence-electron chi connectivity index (χ3n) is 4.43. The van der Waals surface area contributed by atoms with Crippen molar-refractivity contribution in [3.63, 3.8) is 0 Å². The van der Waals surface area contributed by atoms with Crippen LogP contribution in [0.1, 0.15) is 32.8 Å². The molecule has 0 saturated heterocycles. The molecule has 10 heteroatoms. The van der Waals surface area contributed by atoms with E-state index < -0.39 is 23.0 Å². The number of rotatable bonds is 11. The Morgan fingerprint density at radius 3 is 2.35 bits per heavy atom. The Kier molecular flexibility index (Phi) is 8.28. The number of benzene rings is 2. The second-order valence-corrected chi connectivity index (χ2v) is 10.8. The maximum atomic E-state index is 13.8. The highest BCUT2D eigenvalue weighted by Crippen LogP contribution is 2.43. The Labute approximate surface area is 184 Å². The molecule has 0 amide bonds. The Morgan fingerprint density at radius 2 is 1.74 bits per heavy atom. The van der Waals surface area contributed by atoms with Crippen LogP contribution in [0, 0.1) is 6.92 Å². The van der Waals surface area contributed by atoms with Crippen molar-refractivity contribution in [2.24, 2.45) is 5.73 Å². The van der Waals surface area contributed by atoms with Gasteiger partial charge in [-0.25, -0.2) is 21.9 Å². The molecular weight excluding hydrogens is 439 g/mol. The van der Waals surface area contributed by atoms with E-state index in [1.165, 1.54) is 26.0 Å². The first-order chi connectivity index (χ1) is 14.6. The molecular formula is C21H29N2O6PS. The molecule has 0 radical (unpaired) electrons. The molecule has 0 aliphatic rings. The van der Waals surface area contributed by atoms with Crippen molar-refractivity contribution in [2.45, 2.75) is 44.3 Å². The highest BCUT2D eigenvalue weighted by Gasteiger charge is 2.43. The van der Waals surface area contributed by atoms with E-state index in [2.05, 4.69) is 0 Å². The fourth-order valence-corrected chi connectivity index (χ4v) is 5.61. The maximum Gasteiger partial charge on any atom is 0.342 e. The molecule has 0 bridgehead atoms. The third-order valence-corrected chi connectivity index (χ3v) is 7.70. The van der Waals surface area contributed by atoms with Gasteiger partial charge < -0.3 is 15.2 Å². The Balaban J connectivity index is 2.74. The van der Waals surface area contributed by atoms with Crippen LogP contribution >= 0.6 is 7.68 Å². The van der Waals surface area contributed by atoms with Gasteiger partial charge in [-0.1, -0.05) is 19.1 Å². The van der Waals surface area contributed by atoms with Crippen molar-refractivity contribution in [3.05, 3.63) is 48.0 Å². The highest BCUT2D eigenvalue weighted by molar-refractivity contribution is 7.93. The largest absolute Gasteiger partial charge is 0.492 e. The zero-order valence-electron chi connectivity index (χ0n) is 18.2. The molecule has 0 aliphatic heterocycles. The highest BCUT2D eigenvalue weighted by atomic mass is 32.2. The van der Waals surface area contributed by atoms with E-state index in [1.807, 2.05) is 6.92 Å². The minimum atomic E-state index is -4.33. The second kappa shape index (κ2) is 10.3. The average molecular weight is 469 g/mol. The van der Waals surface area contributed by atoms with Crippen LogP contribution in [0.2, 0.25) is 0 Å². The Morgan fingerprint density at radius 1 is 1.06 bits per heavy atom. The molecule has 0 atom stereocenters. The van der Waals surface area contributed by atoms with E-state index in [9.17, 15) is 17.5 Å². The first kappa shape index (κ1) is 24.9. The normalized spacial score (nSPS) is 11.8. The summed E-state index contributed by atoms with van der Waals surface area (Å²) in [5, 5.41) is -1.76. The summed E-state index contributed by atoms with van der Waals surface area (Å²) in [6.07, 6.45) is 0.690. The number of para-hydroxylation sites is 1. The van der Waals surface area contributed by atoms with E-state index in [4.69, 9.17) is 15.2 Å². The van der Waals surface area contributed by atoms with Crippen molar-refractivity contribution in [1.82, 2.24) is 0 Å². The monoisotopic (exact) mass is 468 g/mol. The van der Waals surface area contributed by atoms with Crippen LogP contribution in [0.4, 0.5) is 5.69 Å². The van der Waals surface area contributed by atoms with Gasteiger partial charge in [0.1, 0.15) is 23.0 Å². The van der Waals surface area contributed by atoms with E-state index in [1.54, 1.807) is 37.3 Å². The summed E-state index contributed by atoms with van der Waals surface area (Å²) in [5.41, 5.74) is 6.37. The molecule has 0 saturated carbocycles. The minimum absolute atomic E-state index is 0.112. The van der Waals surface area contributed by atoms with Gasteiger partial charge in [0.15, 0.2) is 5.28 Å². The molecule has 0 aromatic heterocycles. The molecule has 0 aliphatic carbocycles. The van der Waals surface area contributed by atoms with E-state index in [0.717, 1.165) is 4.31 Å². The molecule has 2 N–H and O–H groups in total. The number of anilines is 1. The molecule has 0 fully saturated rings. The number of hydrogen-bond acceptors (Lipinski definition) is 7. The summed E-state index contributed by atoms with van der Waals surface area (Å²) in [7, 11) is -7.49. The van der Waals surface area contributed by atoms with Gasteiger partial charge in [-0.3, -0.25) is 0 Å². The number of nitrogens with zero attached hydrogens (tertiary/aromatic N) is 1. The quantitative estimate of drug-likeness (QED) is 0.491. The fourth-order valence-electron chi connectivity index (χ4n) is 3.02. The van der Waals surface area contributed by atoms with E-state index in [-0.39, 0.29) is 29.5 Å². The predicted molar refractivity (Wildman–Crippen MR) is 120 cm³/mol. The number of nitrogens with two attached hydrogens (primary N) is 1. The van der Waals surface area contributed by atoms with Gasteiger partial charge in [0, 0.05) is 12.6 Å². The van der Waals surface area contributed by atoms with Gasteiger partial charge in [0.2, 0.25) is 0 Å². The first-order valence-corrected chi connectivity index (χ1v) is 12.5. The van der Waals surface area contributed by atoms with Crippen LogP contribution in [0.25, 0.3) is 0 Å². The standard InChI is InChI=1S/C21H29N2O6PS/c1-5-11-29-19-8-6-7-9-20(19)31(26,27)23(21(3,4)30(24)25)17-13-16(2)14-18(15-17)28-12-10-22/h6-9,13-15H,5,10-12,22H2,1-4H3. The summed E-state index contributed by atoms with van der Waals surface area (Å²) in [6.45, 7) is 7.21. The molecule has 2 rings (SSSR count). The molecule has 170 valence electrons. The van der Waals surface area contributed by atoms with Gasteiger partial charge >= 0.3 is 7.68 Å². The number of ether oxygens (including phenoxy) is 2. The zero-order chi connectivity index (χ0) is 23.2. The molecule has 0 spiro atoms. The van der Waals surface area contributed by atoms with Gasteiger partial charge in [-0.05, 0) is 57.0 Å². The summed E-state index contributed by atoms with van der Waals surface area (Å²) in [4.78, 5) is -0.112. The second-order valence-electron chi connectivity index (χ2n) is 7.46. The topological polar surface area (TPSA) is 116 Å². The van der Waals surface area contributed by atoms with Crippen LogP contribution in [-0.2, 0) is 19.2 Å². The van der Waals surface area contributed by atoms with Gasteiger partial charge in [0.05, 0.1) is 12.3 Å². The van der Waals surface area contributed by atoms with Crippen LogP contribution in [-0.4, -0.2) is 33.5 Å². The molecule has 0 unspecified atom stereocenters. The van der Waals surface area contributed by atoms with Gasteiger partial charge in [-0.2, -0.15) is 0 Å². The third kappa shape index (κ3) is 5.67. The average Bonchev–Trinajstić information content (AvgIpc) is 2.70. The van der Waals surface area contributed by atoms with Crippen molar-refractivity contribution in [1.29, 1.82) is 0 Å². The van der Waals surface area contributed by atoms with Crippen molar-refractivity contribution in [3.8, 4) is 11.5 Å². The van der Waals surface area contributed by atoms with E-state index in [0.29, 0.717) is 24.3 Å². The van der Waals surface area contributed by atoms with Crippen LogP contribution in [0.3, 0.4) is 0 Å². The molecule has 8 nitrogen and oxygen atoms in total. The van der Waals surface area contributed by atoms with Crippen molar-refractivity contribution in [2.75, 3.05) is 24.1 Å². The molecule has 0 heterocycles.